The summed E-state index contributed by atoms with van der Waals surface area (Å²) < 4.78 is 36.7. The van der Waals surface area contributed by atoms with Gasteiger partial charge in [0.1, 0.15) is 11.4 Å². The Morgan fingerprint density at radius 3 is 2.20 bits per heavy atom. The summed E-state index contributed by atoms with van der Waals surface area (Å²) in [7, 11) is 0. The average molecular weight is 686 g/mol. The first-order valence-electron chi connectivity index (χ1n) is 13.6. The Balaban J connectivity index is 0.000000271. The number of carboxylic acids is 2. The fraction of sp³-hybridized carbons (Fsp3) is 0.300. The zero-order chi connectivity index (χ0) is 34.6. The van der Waals surface area contributed by atoms with Gasteiger partial charge in [-0.1, -0.05) is 35.9 Å². The second-order valence-electron chi connectivity index (χ2n) is 9.44. The van der Waals surface area contributed by atoms with Gasteiger partial charge in [-0.15, -0.1) is 11.3 Å². The minimum atomic E-state index is -5.08. The Bertz CT molecular complexity index is 1580. The molecule has 0 saturated carbocycles. The van der Waals surface area contributed by atoms with Gasteiger partial charge in [-0.05, 0) is 68.0 Å². The summed E-state index contributed by atoms with van der Waals surface area (Å²) in [5, 5.41) is 16.5. The van der Waals surface area contributed by atoms with E-state index < -0.39 is 42.4 Å². The number of rotatable bonds is 8. The Morgan fingerprint density at radius 1 is 1.02 bits per heavy atom. The van der Waals surface area contributed by atoms with Crippen LogP contribution in [0.5, 0.6) is 0 Å². The highest BCUT2D eigenvalue weighted by molar-refractivity contribution is 7.14. The van der Waals surface area contributed by atoms with Gasteiger partial charge in [-0.2, -0.15) is 13.2 Å². The van der Waals surface area contributed by atoms with Gasteiger partial charge < -0.3 is 26.4 Å². The molecular weight excluding hydrogens is 655 g/mol. The summed E-state index contributed by atoms with van der Waals surface area (Å²) in [6, 6.07) is 13.4. The first-order chi connectivity index (χ1) is 21.6. The van der Waals surface area contributed by atoms with E-state index in [0.717, 1.165) is 46.6 Å². The number of carbonyl (C=O) groups is 5. The summed E-state index contributed by atoms with van der Waals surface area (Å²) in [5.74, 6) is -5.27. The van der Waals surface area contributed by atoms with Crippen LogP contribution in [0.15, 0.2) is 48.5 Å². The summed E-state index contributed by atoms with van der Waals surface area (Å²) in [5.41, 5.74) is 13.8. The molecule has 1 aliphatic carbocycles. The van der Waals surface area contributed by atoms with Crippen molar-refractivity contribution in [2.45, 2.75) is 45.3 Å². The highest BCUT2D eigenvalue weighted by Gasteiger charge is 2.38. The molecule has 11 nitrogen and oxygen atoms in total. The number of carboxylic acid groups (broad SMARTS) is 2. The maximum Gasteiger partial charge on any atom is 0.490 e. The molecule has 2 amide bonds. The number of anilines is 1. The van der Waals surface area contributed by atoms with E-state index in [1.165, 1.54) is 11.3 Å². The van der Waals surface area contributed by atoms with Crippen molar-refractivity contribution in [3.63, 3.8) is 0 Å². The molecular formula is C30H31ClF3N3O8S. The zero-order valence-corrected chi connectivity index (χ0v) is 26.0. The number of amides is 2. The standard InChI is InChI=1S/C16H15ClN2O3.C12H15NO3S.C2HF3O2/c17-13-6-1-2-7-14(13)19(10-15(20)21)16(22)12-5-3-4-11(8-12)9-18;1-2-16-12(15)9-7-5-3-4-6-8(7)17-10(9)11(13)14;3-2(4,5)1(6)7/h1-8H,9-10,18H2,(H,20,21);2-6H2,1H3,(H2,13,14);(H,6,7). The molecule has 0 saturated heterocycles. The van der Waals surface area contributed by atoms with Crippen LogP contribution in [0.1, 0.15) is 66.2 Å². The minimum Gasteiger partial charge on any atom is -0.480 e. The van der Waals surface area contributed by atoms with Gasteiger partial charge >= 0.3 is 24.1 Å². The van der Waals surface area contributed by atoms with Gasteiger partial charge in [0, 0.05) is 17.0 Å². The molecule has 16 heteroatoms. The van der Waals surface area contributed by atoms with Crippen molar-refractivity contribution in [2.75, 3.05) is 18.1 Å². The van der Waals surface area contributed by atoms with Crippen LogP contribution in [0.2, 0.25) is 5.02 Å². The molecule has 2 aromatic carbocycles. The molecule has 1 heterocycles. The quantitative estimate of drug-likeness (QED) is 0.235. The number of alkyl halides is 3. The lowest BCUT2D eigenvalue weighted by atomic mass is 9.95. The van der Waals surface area contributed by atoms with E-state index in [2.05, 4.69) is 0 Å². The summed E-state index contributed by atoms with van der Waals surface area (Å²) in [4.78, 5) is 58.5. The highest BCUT2D eigenvalue weighted by atomic mass is 35.5. The maximum atomic E-state index is 12.7. The van der Waals surface area contributed by atoms with Gasteiger partial charge in [0.2, 0.25) is 0 Å². The van der Waals surface area contributed by atoms with Crippen molar-refractivity contribution < 1.29 is 52.1 Å². The molecule has 0 unspecified atom stereocenters. The third-order valence-electron chi connectivity index (χ3n) is 6.21. The monoisotopic (exact) mass is 685 g/mol. The summed E-state index contributed by atoms with van der Waals surface area (Å²) in [6.45, 7) is 1.88. The number of nitrogens with zero attached hydrogens (tertiary/aromatic N) is 1. The predicted molar refractivity (Wildman–Crippen MR) is 164 cm³/mol. The Hall–Kier alpha value is -4.47. The van der Waals surface area contributed by atoms with Gasteiger partial charge in [0.25, 0.3) is 11.8 Å². The lowest BCUT2D eigenvalue weighted by molar-refractivity contribution is -0.192. The van der Waals surface area contributed by atoms with Gasteiger partial charge in [-0.3, -0.25) is 19.3 Å². The van der Waals surface area contributed by atoms with Crippen LogP contribution in [0.4, 0.5) is 18.9 Å². The van der Waals surface area contributed by atoms with E-state index in [0.29, 0.717) is 39.9 Å². The number of aryl methyl sites for hydroxylation is 1. The molecule has 0 fully saturated rings. The van der Waals surface area contributed by atoms with Gasteiger partial charge in [0.15, 0.2) is 0 Å². The third kappa shape index (κ3) is 10.6. The number of hydrogen-bond donors (Lipinski definition) is 4. The van der Waals surface area contributed by atoms with Crippen LogP contribution in [-0.4, -0.2) is 59.3 Å². The largest absolute Gasteiger partial charge is 0.490 e. The molecule has 1 aromatic heterocycles. The molecule has 248 valence electrons. The molecule has 1 aliphatic rings. The number of fused-ring (bicyclic) bond motifs is 1. The van der Waals surface area contributed by atoms with Crippen molar-refractivity contribution in [1.29, 1.82) is 0 Å². The van der Waals surface area contributed by atoms with Crippen molar-refractivity contribution in [3.05, 3.63) is 85.6 Å². The molecule has 4 rings (SSSR count). The van der Waals surface area contributed by atoms with Crippen LogP contribution < -0.4 is 16.4 Å². The molecule has 3 aromatic rings. The number of aliphatic carboxylic acids is 2. The summed E-state index contributed by atoms with van der Waals surface area (Å²) >= 11 is 7.43. The number of primary amides is 1. The first-order valence-corrected chi connectivity index (χ1v) is 14.8. The van der Waals surface area contributed by atoms with Gasteiger partial charge in [-0.25, -0.2) is 9.59 Å². The second-order valence-corrected chi connectivity index (χ2v) is 11.0. The minimum absolute atomic E-state index is 0.298. The van der Waals surface area contributed by atoms with Crippen LogP contribution in [0, 0.1) is 0 Å². The number of halogens is 4. The van der Waals surface area contributed by atoms with E-state index in [4.69, 9.17) is 42.8 Å². The van der Waals surface area contributed by atoms with Crippen LogP contribution in [0.3, 0.4) is 0 Å². The maximum absolute atomic E-state index is 12.7. The third-order valence-corrected chi connectivity index (χ3v) is 7.83. The fourth-order valence-electron chi connectivity index (χ4n) is 4.22. The topological polar surface area (TPSA) is 190 Å². The van der Waals surface area contributed by atoms with Crippen LogP contribution in [-0.2, 0) is 33.7 Å². The van der Waals surface area contributed by atoms with E-state index in [9.17, 15) is 32.3 Å². The molecule has 0 atom stereocenters. The number of para-hydroxylation sites is 1. The van der Waals surface area contributed by atoms with E-state index >= 15 is 0 Å². The smallest absolute Gasteiger partial charge is 0.480 e. The SMILES string of the molecule is CCOC(=O)c1c(C(N)=O)sc2c1CCCC2.NCc1cccc(C(=O)N(CC(=O)O)c2ccccc2Cl)c1.O=C(O)C(F)(F)F. The van der Waals surface area contributed by atoms with E-state index in [-0.39, 0.29) is 0 Å². The molecule has 0 radical (unpaired) electrons. The van der Waals surface area contributed by atoms with Crippen LogP contribution in [0.25, 0.3) is 0 Å². The number of benzene rings is 2. The molecule has 6 N–H and O–H groups in total. The van der Waals surface area contributed by atoms with Crippen molar-refractivity contribution in [3.8, 4) is 0 Å². The first kappa shape index (κ1) is 37.7. The molecule has 0 spiro atoms. The number of thiophene rings is 1. The van der Waals surface area contributed by atoms with Crippen molar-refractivity contribution >= 4 is 58.3 Å². The fourth-order valence-corrected chi connectivity index (χ4v) is 5.69. The number of esters is 1. The predicted octanol–water partition coefficient (Wildman–Crippen LogP) is 5.07. The molecule has 0 aliphatic heterocycles. The normalized spacial score (nSPS) is 11.9. The number of nitrogens with two attached hydrogens (primary N) is 2. The average Bonchev–Trinajstić information content (AvgIpc) is 3.41. The Labute approximate surface area is 270 Å². The number of hydrogen-bond acceptors (Lipinski definition) is 8. The van der Waals surface area contributed by atoms with E-state index in [1.807, 2.05) is 0 Å². The van der Waals surface area contributed by atoms with Crippen molar-refractivity contribution in [1.82, 2.24) is 0 Å². The lowest BCUT2D eigenvalue weighted by Crippen LogP contribution is -2.36. The molecule has 46 heavy (non-hydrogen) atoms. The van der Waals surface area contributed by atoms with Crippen LogP contribution >= 0.6 is 22.9 Å². The lowest BCUT2D eigenvalue weighted by Gasteiger charge is -2.22. The van der Waals surface area contributed by atoms with E-state index in [1.54, 1.807) is 55.5 Å². The summed E-state index contributed by atoms with van der Waals surface area (Å²) in [6.07, 6.45) is -1.16. The Morgan fingerprint density at radius 2 is 1.65 bits per heavy atom. The number of ether oxygens (including phenoxy) is 1. The Kier molecular flexibility index (Phi) is 14.2. The molecule has 0 bridgehead atoms. The second kappa shape index (κ2) is 17.3. The van der Waals surface area contributed by atoms with Gasteiger partial charge in [0.05, 0.1) is 22.9 Å². The van der Waals surface area contributed by atoms with Crippen molar-refractivity contribution in [2.24, 2.45) is 11.5 Å². The zero-order valence-electron chi connectivity index (χ0n) is 24.4. The highest BCUT2D eigenvalue weighted by Crippen LogP contribution is 2.34. The number of carbonyl (C=O) groups excluding carboxylic acids is 3.